The Balaban J connectivity index is 1.74. The Bertz CT molecular complexity index is 800. The van der Waals surface area contributed by atoms with Crippen LogP contribution in [-0.2, 0) is 16.1 Å². The van der Waals surface area contributed by atoms with Gasteiger partial charge < -0.3 is 4.74 Å². The van der Waals surface area contributed by atoms with E-state index in [1.54, 1.807) is 6.20 Å². The number of ether oxygens (including phenoxy) is 1. The van der Waals surface area contributed by atoms with Crippen LogP contribution < -0.4 is 5.56 Å². The molecule has 0 amide bonds. The fourth-order valence-electron chi connectivity index (χ4n) is 3.26. The first-order valence-corrected chi connectivity index (χ1v) is 8.48. The topological polar surface area (TPSA) is 63.9 Å². The zero-order valence-corrected chi connectivity index (χ0v) is 14.2. The Morgan fingerprint density at radius 1 is 1.42 bits per heavy atom. The van der Waals surface area contributed by atoms with Crippen LogP contribution in [0.1, 0.15) is 37.4 Å². The molecule has 0 saturated carbocycles. The average Bonchev–Trinajstić information content (AvgIpc) is 2.60. The summed E-state index contributed by atoms with van der Waals surface area (Å²) in [7, 11) is 0. The van der Waals surface area contributed by atoms with E-state index in [2.05, 4.69) is 16.8 Å². The number of rotatable bonds is 4. The Kier molecular flexibility index (Phi) is 4.94. The third kappa shape index (κ3) is 3.33. The molecule has 0 aliphatic carbocycles. The predicted octanol–water partition coefficient (Wildman–Crippen LogP) is 1.92. The summed E-state index contributed by atoms with van der Waals surface area (Å²) < 4.78 is 6.95. The molecule has 6 heteroatoms. The summed E-state index contributed by atoms with van der Waals surface area (Å²) in [5, 5.41) is 0. The van der Waals surface area contributed by atoms with Gasteiger partial charge in [0.2, 0.25) is 0 Å². The molecular formula is C18H23N3O3. The first kappa shape index (κ1) is 16.6. The summed E-state index contributed by atoms with van der Waals surface area (Å²) in [6, 6.07) is 4.97. The standard InChI is InChI=1S/C18H23N3O3/c1-3-20-9-5-4-8-15(20)18(23)24-12-14-11-16(22)21-10-6-7-13(2)17(21)19-14/h6-7,10-11,15H,3-5,8-9,12H2,1-2H3. The minimum Gasteiger partial charge on any atom is -0.458 e. The maximum atomic E-state index is 12.4. The largest absolute Gasteiger partial charge is 0.458 e. The number of likely N-dealkylation sites (N-methyl/N-ethyl adjacent to an activating group) is 1. The molecular weight excluding hydrogens is 306 g/mol. The summed E-state index contributed by atoms with van der Waals surface area (Å²) >= 11 is 0. The fraction of sp³-hybridized carbons (Fsp3) is 0.500. The number of carbonyl (C=O) groups excluding carboxylic acids is 1. The van der Waals surface area contributed by atoms with E-state index in [1.165, 1.54) is 10.5 Å². The number of fused-ring (bicyclic) bond motifs is 1. The SMILES string of the molecule is CCN1CCCCC1C(=O)OCc1cc(=O)n2cccc(C)c2n1. The van der Waals surface area contributed by atoms with E-state index in [4.69, 9.17) is 4.74 Å². The van der Waals surface area contributed by atoms with Crippen LogP contribution >= 0.6 is 0 Å². The van der Waals surface area contributed by atoms with Crippen molar-refractivity contribution in [3.05, 3.63) is 46.0 Å². The third-order valence-electron chi connectivity index (χ3n) is 4.59. The molecule has 0 aromatic carbocycles. The van der Waals surface area contributed by atoms with Crippen LogP contribution in [-0.4, -0.2) is 39.4 Å². The molecule has 128 valence electrons. The van der Waals surface area contributed by atoms with Crippen molar-refractivity contribution in [2.24, 2.45) is 0 Å². The van der Waals surface area contributed by atoms with Crippen LogP contribution in [0, 0.1) is 6.92 Å². The molecule has 1 aliphatic rings. The van der Waals surface area contributed by atoms with Gasteiger partial charge in [-0.15, -0.1) is 0 Å². The van der Waals surface area contributed by atoms with Crippen LogP contribution in [0.5, 0.6) is 0 Å². The minimum absolute atomic E-state index is 0.0347. The Hall–Kier alpha value is -2.21. The molecule has 0 bridgehead atoms. The highest BCUT2D eigenvalue weighted by atomic mass is 16.5. The first-order valence-electron chi connectivity index (χ1n) is 8.48. The van der Waals surface area contributed by atoms with E-state index >= 15 is 0 Å². The number of aromatic nitrogens is 2. The van der Waals surface area contributed by atoms with E-state index in [-0.39, 0.29) is 24.2 Å². The maximum absolute atomic E-state index is 12.4. The second-order valence-corrected chi connectivity index (χ2v) is 6.22. The molecule has 0 radical (unpaired) electrons. The van der Waals surface area contributed by atoms with Crippen molar-refractivity contribution in [3.63, 3.8) is 0 Å². The second kappa shape index (κ2) is 7.13. The van der Waals surface area contributed by atoms with Gasteiger partial charge in [0.1, 0.15) is 18.3 Å². The summed E-state index contributed by atoms with van der Waals surface area (Å²) in [6.07, 6.45) is 4.69. The van der Waals surface area contributed by atoms with Gasteiger partial charge in [0.05, 0.1) is 5.69 Å². The van der Waals surface area contributed by atoms with Gasteiger partial charge in [-0.05, 0) is 44.5 Å². The lowest BCUT2D eigenvalue weighted by atomic mass is 10.0. The van der Waals surface area contributed by atoms with Gasteiger partial charge in [0, 0.05) is 12.3 Å². The molecule has 1 atom stereocenters. The van der Waals surface area contributed by atoms with Crippen molar-refractivity contribution in [1.29, 1.82) is 0 Å². The van der Waals surface area contributed by atoms with Crippen molar-refractivity contribution >= 4 is 11.6 Å². The Labute approximate surface area is 141 Å². The average molecular weight is 329 g/mol. The van der Waals surface area contributed by atoms with Crippen molar-refractivity contribution in [1.82, 2.24) is 14.3 Å². The van der Waals surface area contributed by atoms with Gasteiger partial charge in [0.25, 0.3) is 5.56 Å². The molecule has 2 aromatic rings. The van der Waals surface area contributed by atoms with E-state index in [9.17, 15) is 9.59 Å². The molecule has 24 heavy (non-hydrogen) atoms. The van der Waals surface area contributed by atoms with Gasteiger partial charge in [-0.1, -0.05) is 19.4 Å². The molecule has 0 spiro atoms. The van der Waals surface area contributed by atoms with Gasteiger partial charge >= 0.3 is 5.97 Å². The van der Waals surface area contributed by atoms with Gasteiger partial charge in [-0.25, -0.2) is 4.98 Å². The summed E-state index contributed by atoms with van der Waals surface area (Å²) in [4.78, 5) is 31.2. The number of esters is 1. The van der Waals surface area contributed by atoms with Crippen LogP contribution in [0.4, 0.5) is 0 Å². The normalized spacial score (nSPS) is 18.7. The highest BCUT2D eigenvalue weighted by Crippen LogP contribution is 2.18. The summed E-state index contributed by atoms with van der Waals surface area (Å²) in [6.45, 7) is 5.77. The van der Waals surface area contributed by atoms with Crippen molar-refractivity contribution in [2.75, 3.05) is 13.1 Å². The number of piperidine rings is 1. The molecule has 1 saturated heterocycles. The lowest BCUT2D eigenvalue weighted by molar-refractivity contribution is -0.152. The van der Waals surface area contributed by atoms with Crippen molar-refractivity contribution in [3.8, 4) is 0 Å². The molecule has 6 nitrogen and oxygen atoms in total. The lowest BCUT2D eigenvalue weighted by Crippen LogP contribution is -2.45. The molecule has 1 unspecified atom stereocenters. The molecule has 2 aromatic heterocycles. The number of hydrogen-bond donors (Lipinski definition) is 0. The lowest BCUT2D eigenvalue weighted by Gasteiger charge is -2.32. The number of likely N-dealkylation sites (tertiary alicyclic amines) is 1. The number of aryl methyl sites for hydroxylation is 1. The van der Waals surface area contributed by atoms with Crippen molar-refractivity contribution < 1.29 is 9.53 Å². The zero-order chi connectivity index (χ0) is 17.1. The molecule has 3 rings (SSSR count). The van der Waals surface area contributed by atoms with Gasteiger partial charge in [-0.3, -0.25) is 18.9 Å². The monoisotopic (exact) mass is 329 g/mol. The number of carbonyl (C=O) groups is 1. The fourth-order valence-corrected chi connectivity index (χ4v) is 3.26. The zero-order valence-electron chi connectivity index (χ0n) is 14.2. The second-order valence-electron chi connectivity index (χ2n) is 6.22. The van der Waals surface area contributed by atoms with E-state index in [0.717, 1.165) is 37.9 Å². The number of nitrogens with zero attached hydrogens (tertiary/aromatic N) is 3. The Morgan fingerprint density at radius 2 is 2.25 bits per heavy atom. The summed E-state index contributed by atoms with van der Waals surface area (Å²) in [5.74, 6) is -0.219. The van der Waals surface area contributed by atoms with Gasteiger partial charge in [-0.2, -0.15) is 0 Å². The van der Waals surface area contributed by atoms with Crippen LogP contribution in [0.25, 0.3) is 5.65 Å². The van der Waals surface area contributed by atoms with Crippen LogP contribution in [0.15, 0.2) is 29.2 Å². The smallest absolute Gasteiger partial charge is 0.323 e. The highest BCUT2D eigenvalue weighted by molar-refractivity contribution is 5.75. The first-order chi connectivity index (χ1) is 11.6. The predicted molar refractivity (Wildman–Crippen MR) is 90.9 cm³/mol. The molecule has 3 heterocycles. The van der Waals surface area contributed by atoms with Crippen molar-refractivity contribution in [2.45, 2.75) is 45.8 Å². The molecule has 1 fully saturated rings. The number of hydrogen-bond acceptors (Lipinski definition) is 5. The van der Waals surface area contributed by atoms with Crippen LogP contribution in [0.3, 0.4) is 0 Å². The molecule has 0 N–H and O–H groups in total. The minimum atomic E-state index is -0.219. The van der Waals surface area contributed by atoms with E-state index in [1.807, 2.05) is 19.1 Å². The Morgan fingerprint density at radius 3 is 3.04 bits per heavy atom. The van der Waals surface area contributed by atoms with Gasteiger partial charge in [0.15, 0.2) is 0 Å². The van der Waals surface area contributed by atoms with E-state index in [0.29, 0.717) is 11.3 Å². The van der Waals surface area contributed by atoms with E-state index < -0.39 is 0 Å². The van der Waals surface area contributed by atoms with Crippen LogP contribution in [0.2, 0.25) is 0 Å². The molecule has 1 aliphatic heterocycles. The maximum Gasteiger partial charge on any atom is 0.323 e. The number of pyridine rings is 1. The highest BCUT2D eigenvalue weighted by Gasteiger charge is 2.28. The third-order valence-corrected chi connectivity index (χ3v) is 4.59. The summed E-state index contributed by atoms with van der Waals surface area (Å²) in [5.41, 5.74) is 1.83. The quantitative estimate of drug-likeness (QED) is 0.802.